The lowest BCUT2D eigenvalue weighted by atomic mass is 9.55. The monoisotopic (exact) mass is 194 g/mol. The predicted molar refractivity (Wildman–Crippen MR) is 54.7 cm³/mol. The smallest absolute Gasteiger partial charge is 0.302 e. The largest absolute Gasteiger partial charge is 0.462 e. The molecule has 0 unspecified atom stereocenters. The Kier molecular flexibility index (Phi) is 1.82. The zero-order valence-electron chi connectivity index (χ0n) is 9.33. The van der Waals surface area contributed by atoms with Crippen molar-refractivity contribution in [2.75, 3.05) is 0 Å². The number of rotatable bonds is 1. The van der Waals surface area contributed by atoms with Gasteiger partial charge in [-0.1, -0.05) is 32.9 Å². The molecule has 0 amide bonds. The van der Waals surface area contributed by atoms with Gasteiger partial charge in [-0.05, 0) is 17.8 Å². The Bertz CT molecular complexity index is 303. The third-order valence-electron chi connectivity index (χ3n) is 3.97. The summed E-state index contributed by atoms with van der Waals surface area (Å²) < 4.78 is 5.31. The van der Waals surface area contributed by atoms with Crippen molar-refractivity contribution < 1.29 is 9.53 Å². The van der Waals surface area contributed by atoms with Crippen LogP contribution in [0.25, 0.3) is 0 Å². The second kappa shape index (κ2) is 2.62. The molecular formula is C12H18O2. The molecule has 78 valence electrons. The zero-order chi connectivity index (χ0) is 10.6. The Morgan fingerprint density at radius 2 is 2.00 bits per heavy atom. The molecule has 2 nitrogen and oxygen atoms in total. The van der Waals surface area contributed by atoms with E-state index in [-0.39, 0.29) is 22.9 Å². The average Bonchev–Trinajstić information content (AvgIpc) is 2.23. The van der Waals surface area contributed by atoms with Crippen molar-refractivity contribution in [2.24, 2.45) is 16.7 Å². The second-order valence-corrected chi connectivity index (χ2v) is 5.41. The van der Waals surface area contributed by atoms with Gasteiger partial charge in [0.2, 0.25) is 0 Å². The molecule has 0 spiro atoms. The highest BCUT2D eigenvalue weighted by molar-refractivity contribution is 5.66. The zero-order valence-corrected chi connectivity index (χ0v) is 9.33. The number of fused-ring (bicyclic) bond motifs is 1. The average molecular weight is 194 g/mol. The maximum atomic E-state index is 10.9. The van der Waals surface area contributed by atoms with Crippen LogP contribution in [0.2, 0.25) is 0 Å². The molecule has 2 heteroatoms. The second-order valence-electron chi connectivity index (χ2n) is 5.41. The third kappa shape index (κ3) is 1.13. The molecule has 0 bridgehead atoms. The van der Waals surface area contributed by atoms with Gasteiger partial charge in [-0.3, -0.25) is 4.79 Å². The van der Waals surface area contributed by atoms with Gasteiger partial charge in [-0.2, -0.15) is 0 Å². The number of carbonyl (C=O) groups excluding carboxylic acids is 1. The maximum absolute atomic E-state index is 10.9. The molecule has 0 radical (unpaired) electrons. The number of carbonyl (C=O) groups is 1. The van der Waals surface area contributed by atoms with Crippen molar-refractivity contribution in [1.82, 2.24) is 0 Å². The van der Waals surface area contributed by atoms with E-state index < -0.39 is 0 Å². The van der Waals surface area contributed by atoms with Gasteiger partial charge in [-0.25, -0.2) is 0 Å². The van der Waals surface area contributed by atoms with Crippen molar-refractivity contribution in [1.29, 1.82) is 0 Å². The maximum Gasteiger partial charge on any atom is 0.302 e. The van der Waals surface area contributed by atoms with Gasteiger partial charge in [-0.15, -0.1) is 0 Å². The van der Waals surface area contributed by atoms with Gasteiger partial charge in [0, 0.05) is 12.3 Å². The number of allylic oxidation sites excluding steroid dienone is 1. The van der Waals surface area contributed by atoms with Gasteiger partial charge >= 0.3 is 5.97 Å². The van der Waals surface area contributed by atoms with Crippen molar-refractivity contribution >= 4 is 5.97 Å². The summed E-state index contributed by atoms with van der Waals surface area (Å²) in [6.07, 6.45) is 5.61. The third-order valence-corrected chi connectivity index (χ3v) is 3.97. The lowest BCUT2D eigenvalue weighted by molar-refractivity contribution is -0.173. The molecule has 14 heavy (non-hydrogen) atoms. The van der Waals surface area contributed by atoms with Crippen LogP contribution in [0.4, 0.5) is 0 Å². The summed E-state index contributed by atoms with van der Waals surface area (Å²) >= 11 is 0. The van der Waals surface area contributed by atoms with Crippen LogP contribution in [0.15, 0.2) is 12.2 Å². The number of esters is 1. The quantitative estimate of drug-likeness (QED) is 0.473. The van der Waals surface area contributed by atoms with E-state index in [1.807, 2.05) is 0 Å². The summed E-state index contributed by atoms with van der Waals surface area (Å²) in [5.41, 5.74) is 0.362. The van der Waals surface area contributed by atoms with Gasteiger partial charge in [0.1, 0.15) is 6.10 Å². The lowest BCUT2D eigenvalue weighted by Crippen LogP contribution is -2.53. The SMILES string of the molecule is CC(=O)O[C@H]1C[C@@H]2C(C)(C)C=C[C@]12C. The molecular weight excluding hydrogens is 176 g/mol. The summed E-state index contributed by atoms with van der Waals surface area (Å²) in [5.74, 6) is 0.479. The van der Waals surface area contributed by atoms with Crippen LogP contribution in [0.5, 0.6) is 0 Å². The Morgan fingerprint density at radius 3 is 2.50 bits per heavy atom. The summed E-state index contributed by atoms with van der Waals surface area (Å²) in [6.45, 7) is 8.19. The van der Waals surface area contributed by atoms with Gasteiger partial charge in [0.25, 0.3) is 0 Å². The molecule has 0 saturated heterocycles. The molecule has 2 aliphatic rings. The van der Waals surface area contributed by atoms with Crippen LogP contribution in [0.1, 0.15) is 34.1 Å². The van der Waals surface area contributed by atoms with E-state index in [0.717, 1.165) is 6.42 Å². The highest BCUT2D eigenvalue weighted by Gasteiger charge is 2.59. The minimum Gasteiger partial charge on any atom is -0.462 e. The normalized spacial score (nSPS) is 42.9. The molecule has 2 rings (SSSR count). The first-order valence-electron chi connectivity index (χ1n) is 5.24. The molecule has 0 aromatic rings. The van der Waals surface area contributed by atoms with E-state index in [9.17, 15) is 4.79 Å². The highest BCUT2D eigenvalue weighted by atomic mass is 16.5. The van der Waals surface area contributed by atoms with Crippen LogP contribution in [-0.4, -0.2) is 12.1 Å². The molecule has 1 fully saturated rings. The van der Waals surface area contributed by atoms with Crippen LogP contribution in [0.3, 0.4) is 0 Å². The number of hydrogen-bond acceptors (Lipinski definition) is 2. The van der Waals surface area contributed by atoms with Gasteiger partial charge in [0.15, 0.2) is 0 Å². The summed E-state index contributed by atoms with van der Waals surface area (Å²) in [5, 5.41) is 0. The molecule has 2 aliphatic carbocycles. The topological polar surface area (TPSA) is 26.3 Å². The first kappa shape index (κ1) is 9.75. The Labute approximate surface area is 85.3 Å². The highest BCUT2D eigenvalue weighted by Crippen LogP contribution is 2.61. The molecule has 0 aromatic carbocycles. The minimum atomic E-state index is -0.159. The van der Waals surface area contributed by atoms with Crippen molar-refractivity contribution in [3.63, 3.8) is 0 Å². The summed E-state index contributed by atoms with van der Waals surface area (Å²) in [4.78, 5) is 10.9. The number of ether oxygens (including phenoxy) is 1. The van der Waals surface area contributed by atoms with Gasteiger partial charge < -0.3 is 4.74 Å². The lowest BCUT2D eigenvalue weighted by Gasteiger charge is -2.52. The molecule has 0 N–H and O–H groups in total. The number of hydrogen-bond donors (Lipinski definition) is 0. The van der Waals surface area contributed by atoms with Crippen LogP contribution < -0.4 is 0 Å². The molecule has 1 saturated carbocycles. The standard InChI is InChI=1S/C12H18O2/c1-8(13)14-10-7-9-11(2,3)5-6-12(9,10)4/h5-6,9-10H,7H2,1-4H3/t9-,10+,12+/m1/s1. The van der Waals surface area contributed by atoms with E-state index in [2.05, 4.69) is 32.9 Å². The van der Waals surface area contributed by atoms with E-state index in [4.69, 9.17) is 4.74 Å². The molecule has 3 atom stereocenters. The van der Waals surface area contributed by atoms with E-state index in [1.54, 1.807) is 0 Å². The van der Waals surface area contributed by atoms with Crippen LogP contribution >= 0.6 is 0 Å². The minimum absolute atomic E-state index is 0.0924. The van der Waals surface area contributed by atoms with E-state index in [0.29, 0.717) is 5.92 Å². The van der Waals surface area contributed by atoms with Crippen molar-refractivity contribution in [2.45, 2.75) is 40.2 Å². The first-order chi connectivity index (χ1) is 6.36. The molecule has 0 aromatic heterocycles. The van der Waals surface area contributed by atoms with Crippen molar-refractivity contribution in [3.8, 4) is 0 Å². The summed E-state index contributed by atoms with van der Waals surface area (Å²) in [6, 6.07) is 0. The fraction of sp³-hybridized carbons (Fsp3) is 0.750. The van der Waals surface area contributed by atoms with E-state index >= 15 is 0 Å². The van der Waals surface area contributed by atoms with Crippen LogP contribution in [0, 0.1) is 16.7 Å². The Hall–Kier alpha value is -0.790. The summed E-state index contributed by atoms with van der Waals surface area (Å²) in [7, 11) is 0. The fourth-order valence-corrected chi connectivity index (χ4v) is 3.00. The Balaban J connectivity index is 2.12. The Morgan fingerprint density at radius 1 is 1.36 bits per heavy atom. The first-order valence-corrected chi connectivity index (χ1v) is 5.24. The fourth-order valence-electron chi connectivity index (χ4n) is 3.00. The molecule has 0 aliphatic heterocycles. The van der Waals surface area contributed by atoms with E-state index in [1.165, 1.54) is 6.92 Å². The van der Waals surface area contributed by atoms with Crippen molar-refractivity contribution in [3.05, 3.63) is 12.2 Å². The molecule has 0 heterocycles. The predicted octanol–water partition coefficient (Wildman–Crippen LogP) is 2.54. The van der Waals surface area contributed by atoms with Crippen LogP contribution in [-0.2, 0) is 9.53 Å². The van der Waals surface area contributed by atoms with Gasteiger partial charge in [0.05, 0.1) is 0 Å².